The second-order valence-electron chi connectivity index (χ2n) is 7.95. The zero-order valence-electron chi connectivity index (χ0n) is 18.6. The standard InChI is InChI=1S/C24H26ClN5O2S/c1-3-16-6-12-19(13-7-16)26-21(31)15-33-24-28-27-22(29(24)2)20-5-4-14-30(20)23(32)17-8-10-18(25)11-9-17/h6-13,20H,3-5,14-15H2,1-2H3,(H,26,31). The number of halogens is 1. The second-order valence-corrected chi connectivity index (χ2v) is 9.33. The number of hydrogen-bond donors (Lipinski definition) is 1. The Labute approximate surface area is 202 Å². The average Bonchev–Trinajstić information content (AvgIpc) is 3.44. The van der Waals surface area contributed by atoms with Gasteiger partial charge in [-0.1, -0.05) is 42.4 Å². The van der Waals surface area contributed by atoms with E-state index in [0.29, 0.717) is 22.3 Å². The zero-order chi connectivity index (χ0) is 23.4. The van der Waals surface area contributed by atoms with Gasteiger partial charge in [-0.25, -0.2) is 0 Å². The van der Waals surface area contributed by atoms with E-state index < -0.39 is 0 Å². The number of hydrogen-bond acceptors (Lipinski definition) is 5. The first kappa shape index (κ1) is 23.3. The summed E-state index contributed by atoms with van der Waals surface area (Å²) in [6.07, 6.45) is 2.69. The van der Waals surface area contributed by atoms with E-state index in [0.717, 1.165) is 30.8 Å². The summed E-state index contributed by atoms with van der Waals surface area (Å²) in [7, 11) is 1.88. The van der Waals surface area contributed by atoms with Gasteiger partial charge in [-0.05, 0) is 61.2 Å². The minimum Gasteiger partial charge on any atom is -0.328 e. The van der Waals surface area contributed by atoms with E-state index in [1.807, 2.05) is 40.8 Å². The summed E-state index contributed by atoms with van der Waals surface area (Å²) < 4.78 is 1.88. The largest absolute Gasteiger partial charge is 0.328 e. The molecule has 0 radical (unpaired) electrons. The molecule has 172 valence electrons. The lowest BCUT2D eigenvalue weighted by Gasteiger charge is -2.24. The molecule has 0 spiro atoms. The molecule has 2 amide bonds. The summed E-state index contributed by atoms with van der Waals surface area (Å²) in [4.78, 5) is 27.3. The highest BCUT2D eigenvalue weighted by molar-refractivity contribution is 7.99. The van der Waals surface area contributed by atoms with Crippen LogP contribution in [0.15, 0.2) is 53.7 Å². The van der Waals surface area contributed by atoms with Crippen LogP contribution in [0.5, 0.6) is 0 Å². The number of nitrogens with one attached hydrogen (secondary N) is 1. The van der Waals surface area contributed by atoms with E-state index in [1.165, 1.54) is 17.3 Å². The fraction of sp³-hybridized carbons (Fsp3) is 0.333. The lowest BCUT2D eigenvalue weighted by molar-refractivity contribution is -0.113. The number of aryl methyl sites for hydroxylation is 1. The maximum Gasteiger partial charge on any atom is 0.254 e. The first-order valence-corrected chi connectivity index (χ1v) is 12.3. The highest BCUT2D eigenvalue weighted by Gasteiger charge is 2.34. The van der Waals surface area contributed by atoms with Crippen LogP contribution in [0.3, 0.4) is 0 Å². The summed E-state index contributed by atoms with van der Waals surface area (Å²) in [5.74, 6) is 0.807. The van der Waals surface area contributed by atoms with Crippen molar-refractivity contribution >= 4 is 40.9 Å². The van der Waals surface area contributed by atoms with Gasteiger partial charge in [-0.3, -0.25) is 9.59 Å². The normalized spacial score (nSPS) is 15.6. The molecule has 9 heteroatoms. The Kier molecular flexibility index (Phi) is 7.35. The monoisotopic (exact) mass is 483 g/mol. The number of anilines is 1. The van der Waals surface area contributed by atoms with E-state index in [4.69, 9.17) is 11.6 Å². The van der Waals surface area contributed by atoms with Crippen LogP contribution in [0, 0.1) is 0 Å². The fourth-order valence-electron chi connectivity index (χ4n) is 3.93. The van der Waals surface area contributed by atoms with Gasteiger partial charge in [0, 0.05) is 29.9 Å². The third-order valence-electron chi connectivity index (χ3n) is 5.75. The second kappa shape index (κ2) is 10.4. The van der Waals surface area contributed by atoms with Gasteiger partial charge < -0.3 is 14.8 Å². The van der Waals surface area contributed by atoms with Crippen LogP contribution in [0.1, 0.15) is 47.6 Å². The number of likely N-dealkylation sites (tertiary alicyclic amines) is 1. The molecular formula is C24H26ClN5O2S. The molecule has 1 saturated heterocycles. The number of aromatic nitrogens is 3. The number of carbonyl (C=O) groups is 2. The van der Waals surface area contributed by atoms with Gasteiger partial charge in [0.25, 0.3) is 5.91 Å². The maximum absolute atomic E-state index is 13.1. The number of carbonyl (C=O) groups excluding carboxylic acids is 2. The molecule has 2 heterocycles. The molecule has 7 nitrogen and oxygen atoms in total. The van der Waals surface area contributed by atoms with Gasteiger partial charge in [0.1, 0.15) is 0 Å². The topological polar surface area (TPSA) is 80.1 Å². The van der Waals surface area contributed by atoms with Crippen LogP contribution < -0.4 is 5.32 Å². The molecule has 0 saturated carbocycles. The third kappa shape index (κ3) is 5.39. The minimum atomic E-state index is -0.147. The molecule has 1 aromatic heterocycles. The zero-order valence-corrected chi connectivity index (χ0v) is 20.2. The Morgan fingerprint density at radius 3 is 2.55 bits per heavy atom. The van der Waals surface area contributed by atoms with E-state index in [1.54, 1.807) is 24.3 Å². The molecule has 1 N–H and O–H groups in total. The minimum absolute atomic E-state index is 0.0418. The van der Waals surface area contributed by atoms with Crippen molar-refractivity contribution in [2.24, 2.45) is 7.05 Å². The molecule has 1 fully saturated rings. The number of rotatable bonds is 7. The van der Waals surface area contributed by atoms with Gasteiger partial charge in [0.05, 0.1) is 11.8 Å². The Morgan fingerprint density at radius 1 is 1.12 bits per heavy atom. The van der Waals surface area contributed by atoms with Crippen molar-refractivity contribution in [3.05, 3.63) is 70.5 Å². The van der Waals surface area contributed by atoms with Crippen LogP contribution in [0.25, 0.3) is 0 Å². The Balaban J connectivity index is 1.39. The summed E-state index contributed by atoms with van der Waals surface area (Å²) in [5.41, 5.74) is 2.61. The summed E-state index contributed by atoms with van der Waals surface area (Å²) in [6, 6.07) is 14.6. The first-order chi connectivity index (χ1) is 16.0. The van der Waals surface area contributed by atoms with E-state index in [-0.39, 0.29) is 23.6 Å². The molecule has 0 aliphatic carbocycles. The smallest absolute Gasteiger partial charge is 0.254 e. The average molecular weight is 484 g/mol. The summed E-state index contributed by atoms with van der Waals surface area (Å²) in [6.45, 7) is 2.76. The van der Waals surface area contributed by atoms with E-state index in [2.05, 4.69) is 22.4 Å². The molecule has 3 aromatic rings. The molecule has 0 bridgehead atoms. The molecule has 1 atom stereocenters. The van der Waals surface area contributed by atoms with Crippen LogP contribution in [-0.2, 0) is 18.3 Å². The van der Waals surface area contributed by atoms with Crippen LogP contribution in [-0.4, -0.2) is 43.8 Å². The van der Waals surface area contributed by atoms with E-state index >= 15 is 0 Å². The van der Waals surface area contributed by atoms with Gasteiger partial charge in [0.2, 0.25) is 5.91 Å². The SMILES string of the molecule is CCc1ccc(NC(=O)CSc2nnc(C3CCCN3C(=O)c3ccc(Cl)cc3)n2C)cc1. The van der Waals surface area contributed by atoms with Crippen LogP contribution >= 0.6 is 23.4 Å². The molecule has 1 aliphatic heterocycles. The van der Waals surface area contributed by atoms with Crippen molar-refractivity contribution in [2.75, 3.05) is 17.6 Å². The quantitative estimate of drug-likeness (QED) is 0.491. The highest BCUT2D eigenvalue weighted by Crippen LogP contribution is 2.33. The molecular weight excluding hydrogens is 458 g/mol. The highest BCUT2D eigenvalue weighted by atomic mass is 35.5. The maximum atomic E-state index is 13.1. The lowest BCUT2D eigenvalue weighted by Crippen LogP contribution is -2.31. The van der Waals surface area contributed by atoms with Crippen molar-refractivity contribution in [3.8, 4) is 0 Å². The van der Waals surface area contributed by atoms with Crippen molar-refractivity contribution < 1.29 is 9.59 Å². The molecule has 4 rings (SSSR count). The third-order valence-corrected chi connectivity index (χ3v) is 7.02. The van der Waals surface area contributed by atoms with Crippen LogP contribution in [0.4, 0.5) is 5.69 Å². The number of nitrogens with zero attached hydrogens (tertiary/aromatic N) is 4. The van der Waals surface area contributed by atoms with Gasteiger partial charge in [-0.2, -0.15) is 0 Å². The Hall–Kier alpha value is -2.84. The van der Waals surface area contributed by atoms with Gasteiger partial charge >= 0.3 is 0 Å². The van der Waals surface area contributed by atoms with Gasteiger partial charge in [-0.15, -0.1) is 10.2 Å². The number of benzene rings is 2. The molecule has 2 aromatic carbocycles. The van der Waals surface area contributed by atoms with Gasteiger partial charge in [0.15, 0.2) is 11.0 Å². The predicted octanol–water partition coefficient (Wildman–Crippen LogP) is 4.74. The summed E-state index contributed by atoms with van der Waals surface area (Å²) in [5, 5.41) is 12.8. The predicted molar refractivity (Wildman–Crippen MR) is 131 cm³/mol. The Bertz CT molecular complexity index is 1130. The first-order valence-electron chi connectivity index (χ1n) is 10.9. The van der Waals surface area contributed by atoms with Crippen molar-refractivity contribution in [3.63, 3.8) is 0 Å². The summed E-state index contributed by atoms with van der Waals surface area (Å²) >= 11 is 7.28. The number of thioether (sulfide) groups is 1. The van der Waals surface area contributed by atoms with Crippen molar-refractivity contribution in [1.29, 1.82) is 0 Å². The van der Waals surface area contributed by atoms with Crippen molar-refractivity contribution in [2.45, 2.75) is 37.4 Å². The Morgan fingerprint density at radius 2 is 1.85 bits per heavy atom. The molecule has 33 heavy (non-hydrogen) atoms. The van der Waals surface area contributed by atoms with Crippen molar-refractivity contribution in [1.82, 2.24) is 19.7 Å². The number of amides is 2. The fourth-order valence-corrected chi connectivity index (χ4v) is 4.77. The van der Waals surface area contributed by atoms with E-state index in [9.17, 15) is 9.59 Å². The van der Waals surface area contributed by atoms with Crippen LogP contribution in [0.2, 0.25) is 5.02 Å². The molecule has 1 aliphatic rings. The molecule has 1 unspecified atom stereocenters. The lowest BCUT2D eigenvalue weighted by atomic mass is 10.1.